The van der Waals surface area contributed by atoms with Crippen LogP contribution in [0.1, 0.15) is 38.5 Å². The zero-order valence-electron chi connectivity index (χ0n) is 9.17. The molecule has 0 aromatic heterocycles. The molecule has 2 atom stereocenters. The Bertz CT molecular complexity index is 244. The van der Waals surface area contributed by atoms with Gasteiger partial charge in [-0.05, 0) is 38.6 Å². The van der Waals surface area contributed by atoms with Gasteiger partial charge in [0, 0.05) is 6.04 Å². The Kier molecular flexibility index (Phi) is 3.78. The summed E-state index contributed by atoms with van der Waals surface area (Å²) in [5.74, 6) is 0.204. The van der Waals surface area contributed by atoms with E-state index in [9.17, 15) is 4.79 Å². The Morgan fingerprint density at radius 3 is 2.87 bits per heavy atom. The van der Waals surface area contributed by atoms with Crippen LogP contribution in [0.15, 0.2) is 12.2 Å². The van der Waals surface area contributed by atoms with E-state index in [2.05, 4.69) is 22.8 Å². The maximum absolute atomic E-state index is 11.9. The van der Waals surface area contributed by atoms with E-state index in [1.54, 1.807) is 0 Å². The number of nitrogens with one attached hydrogen (secondary N) is 2. The molecule has 1 aliphatic heterocycles. The van der Waals surface area contributed by atoms with Crippen molar-refractivity contribution in [1.29, 1.82) is 0 Å². The fourth-order valence-corrected chi connectivity index (χ4v) is 2.30. The molecule has 2 unspecified atom stereocenters. The third-order valence-electron chi connectivity index (χ3n) is 3.24. The molecule has 0 saturated carbocycles. The van der Waals surface area contributed by atoms with Crippen molar-refractivity contribution < 1.29 is 4.79 Å². The van der Waals surface area contributed by atoms with Crippen molar-refractivity contribution in [2.45, 2.75) is 50.6 Å². The molecule has 0 aromatic rings. The molecular formula is C12H20N2O. The fraction of sp³-hybridized carbons (Fsp3) is 0.750. The Hall–Kier alpha value is -0.830. The highest BCUT2D eigenvalue weighted by atomic mass is 16.2. The Labute approximate surface area is 91.3 Å². The first-order valence-corrected chi connectivity index (χ1v) is 6.05. The monoisotopic (exact) mass is 208 g/mol. The van der Waals surface area contributed by atoms with Crippen LogP contribution in [0.25, 0.3) is 0 Å². The van der Waals surface area contributed by atoms with Crippen molar-refractivity contribution in [3.8, 4) is 0 Å². The molecule has 1 aliphatic carbocycles. The number of amides is 1. The van der Waals surface area contributed by atoms with Gasteiger partial charge in [-0.25, -0.2) is 0 Å². The van der Waals surface area contributed by atoms with Gasteiger partial charge < -0.3 is 10.6 Å². The zero-order valence-corrected chi connectivity index (χ0v) is 9.17. The lowest BCUT2D eigenvalue weighted by Gasteiger charge is -2.26. The quantitative estimate of drug-likeness (QED) is 0.673. The first-order chi connectivity index (χ1) is 7.36. The molecule has 3 heteroatoms. The van der Waals surface area contributed by atoms with E-state index in [1.807, 2.05) is 0 Å². The molecular weight excluding hydrogens is 188 g/mol. The summed E-state index contributed by atoms with van der Waals surface area (Å²) in [6, 6.07) is 0.427. The first kappa shape index (κ1) is 10.7. The molecule has 84 valence electrons. The summed E-state index contributed by atoms with van der Waals surface area (Å²) in [5.41, 5.74) is 0. The minimum Gasteiger partial charge on any atom is -0.352 e. The van der Waals surface area contributed by atoms with Crippen molar-refractivity contribution in [2.75, 3.05) is 6.54 Å². The maximum atomic E-state index is 11.9. The highest BCUT2D eigenvalue weighted by molar-refractivity contribution is 5.82. The average Bonchev–Trinajstić information content (AvgIpc) is 2.31. The van der Waals surface area contributed by atoms with Gasteiger partial charge in [-0.2, -0.15) is 0 Å². The van der Waals surface area contributed by atoms with Crippen LogP contribution in [0.4, 0.5) is 0 Å². The number of carbonyl (C=O) groups is 1. The maximum Gasteiger partial charge on any atom is 0.237 e. The standard InChI is InChI=1S/C12H20N2O/c15-12(11-8-4-5-9-13-11)14-10-6-2-1-3-7-10/h1-2,10-11,13H,3-9H2,(H,14,15). The van der Waals surface area contributed by atoms with Gasteiger partial charge in [0.05, 0.1) is 6.04 Å². The van der Waals surface area contributed by atoms with Gasteiger partial charge in [-0.1, -0.05) is 18.6 Å². The van der Waals surface area contributed by atoms with E-state index < -0.39 is 0 Å². The highest BCUT2D eigenvalue weighted by Crippen LogP contribution is 2.12. The molecule has 2 N–H and O–H groups in total. The van der Waals surface area contributed by atoms with E-state index in [4.69, 9.17) is 0 Å². The molecule has 1 fully saturated rings. The third-order valence-corrected chi connectivity index (χ3v) is 3.24. The second-order valence-electron chi connectivity index (χ2n) is 4.49. The predicted molar refractivity (Wildman–Crippen MR) is 60.6 cm³/mol. The largest absolute Gasteiger partial charge is 0.352 e. The summed E-state index contributed by atoms with van der Waals surface area (Å²) in [7, 11) is 0. The lowest BCUT2D eigenvalue weighted by atomic mass is 10.00. The van der Waals surface area contributed by atoms with Crippen LogP contribution in [0.5, 0.6) is 0 Å². The minimum atomic E-state index is 0.0599. The van der Waals surface area contributed by atoms with Crippen molar-refractivity contribution in [1.82, 2.24) is 10.6 Å². The molecule has 0 radical (unpaired) electrons. The van der Waals surface area contributed by atoms with Crippen LogP contribution in [0.2, 0.25) is 0 Å². The van der Waals surface area contributed by atoms with E-state index >= 15 is 0 Å². The number of carbonyl (C=O) groups excluding carboxylic acids is 1. The molecule has 1 heterocycles. The summed E-state index contributed by atoms with van der Waals surface area (Å²) >= 11 is 0. The van der Waals surface area contributed by atoms with Gasteiger partial charge in [0.15, 0.2) is 0 Å². The molecule has 15 heavy (non-hydrogen) atoms. The van der Waals surface area contributed by atoms with Gasteiger partial charge in [0.25, 0.3) is 0 Å². The van der Waals surface area contributed by atoms with E-state index in [0.29, 0.717) is 6.04 Å². The van der Waals surface area contributed by atoms with Crippen molar-refractivity contribution in [3.63, 3.8) is 0 Å². The number of allylic oxidation sites excluding steroid dienone is 1. The van der Waals surface area contributed by atoms with Crippen LogP contribution >= 0.6 is 0 Å². The average molecular weight is 208 g/mol. The summed E-state index contributed by atoms with van der Waals surface area (Å²) in [5, 5.41) is 6.41. The summed E-state index contributed by atoms with van der Waals surface area (Å²) < 4.78 is 0. The lowest BCUT2D eigenvalue weighted by Crippen LogP contribution is -2.49. The number of piperidine rings is 1. The highest BCUT2D eigenvalue weighted by Gasteiger charge is 2.22. The van der Waals surface area contributed by atoms with Crippen molar-refractivity contribution >= 4 is 5.91 Å². The summed E-state index contributed by atoms with van der Waals surface area (Å²) in [6.45, 7) is 0.989. The van der Waals surface area contributed by atoms with Crippen LogP contribution in [-0.4, -0.2) is 24.5 Å². The van der Waals surface area contributed by atoms with Crippen LogP contribution in [0, 0.1) is 0 Å². The topological polar surface area (TPSA) is 41.1 Å². The van der Waals surface area contributed by atoms with Crippen LogP contribution in [0.3, 0.4) is 0 Å². The Balaban J connectivity index is 1.77. The minimum absolute atomic E-state index is 0.0599. The van der Waals surface area contributed by atoms with Crippen molar-refractivity contribution in [3.05, 3.63) is 12.2 Å². The van der Waals surface area contributed by atoms with E-state index in [0.717, 1.165) is 32.2 Å². The van der Waals surface area contributed by atoms with Crippen LogP contribution in [-0.2, 0) is 4.79 Å². The normalized spacial score (nSPS) is 31.2. The lowest BCUT2D eigenvalue weighted by molar-refractivity contribution is -0.124. The van der Waals surface area contributed by atoms with Gasteiger partial charge in [-0.15, -0.1) is 0 Å². The molecule has 2 aliphatic rings. The molecule has 3 nitrogen and oxygen atoms in total. The molecule has 0 aromatic carbocycles. The van der Waals surface area contributed by atoms with E-state index in [1.165, 1.54) is 12.8 Å². The fourth-order valence-electron chi connectivity index (χ4n) is 2.30. The Morgan fingerprint density at radius 2 is 2.20 bits per heavy atom. The van der Waals surface area contributed by atoms with E-state index in [-0.39, 0.29) is 11.9 Å². The Morgan fingerprint density at radius 1 is 1.27 bits per heavy atom. The smallest absolute Gasteiger partial charge is 0.237 e. The zero-order chi connectivity index (χ0) is 10.5. The van der Waals surface area contributed by atoms with Gasteiger partial charge in [0.2, 0.25) is 5.91 Å². The second kappa shape index (κ2) is 5.31. The number of rotatable bonds is 2. The molecule has 2 rings (SSSR count). The van der Waals surface area contributed by atoms with Crippen molar-refractivity contribution in [2.24, 2.45) is 0 Å². The molecule has 1 amide bonds. The third kappa shape index (κ3) is 3.06. The van der Waals surface area contributed by atoms with Gasteiger partial charge in [-0.3, -0.25) is 4.79 Å². The van der Waals surface area contributed by atoms with Crippen LogP contribution < -0.4 is 10.6 Å². The second-order valence-corrected chi connectivity index (χ2v) is 4.49. The van der Waals surface area contributed by atoms with Gasteiger partial charge >= 0.3 is 0 Å². The first-order valence-electron chi connectivity index (χ1n) is 6.05. The summed E-state index contributed by atoms with van der Waals surface area (Å²) in [6.07, 6.45) is 10.9. The summed E-state index contributed by atoms with van der Waals surface area (Å²) in [4.78, 5) is 11.9. The molecule has 1 saturated heterocycles. The predicted octanol–water partition coefficient (Wildman–Crippen LogP) is 1.35. The number of hydrogen-bond acceptors (Lipinski definition) is 2. The molecule has 0 bridgehead atoms. The van der Waals surface area contributed by atoms with Gasteiger partial charge in [0.1, 0.15) is 0 Å². The number of hydrogen-bond donors (Lipinski definition) is 2. The molecule has 0 spiro atoms. The SMILES string of the molecule is O=C(NC1CC=CCC1)C1CCCCN1.